The highest BCUT2D eigenvalue weighted by Crippen LogP contribution is 2.31. The summed E-state index contributed by atoms with van der Waals surface area (Å²) in [6.07, 6.45) is 5.72. The lowest BCUT2D eigenvalue weighted by atomic mass is 9.94. The molecule has 1 saturated carbocycles. The van der Waals surface area contributed by atoms with Crippen molar-refractivity contribution in [1.82, 2.24) is 35.3 Å². The predicted octanol–water partition coefficient (Wildman–Crippen LogP) is 4.25. The molecule has 0 saturated heterocycles. The molecule has 12 heteroatoms. The third kappa shape index (κ3) is 8.52. The highest BCUT2D eigenvalue weighted by atomic mass is 19.1. The van der Waals surface area contributed by atoms with E-state index in [-0.39, 0.29) is 24.4 Å². The van der Waals surface area contributed by atoms with Crippen molar-refractivity contribution in [2.24, 2.45) is 0 Å². The third-order valence-electron chi connectivity index (χ3n) is 8.16. The quantitative estimate of drug-likeness (QED) is 0.272. The van der Waals surface area contributed by atoms with Crippen LogP contribution in [0, 0.1) is 5.82 Å². The first kappa shape index (κ1) is 32.8. The fourth-order valence-corrected chi connectivity index (χ4v) is 5.66. The van der Waals surface area contributed by atoms with Crippen molar-refractivity contribution in [2.75, 3.05) is 40.4 Å². The number of nitrogens with zero attached hydrogens (tertiary/aromatic N) is 6. The maximum atomic E-state index is 14.0. The first-order valence-corrected chi connectivity index (χ1v) is 15.4. The summed E-state index contributed by atoms with van der Waals surface area (Å²) in [5, 5.41) is 15.9. The fraction of sp³-hybridized carbons (Fsp3) is 0.531. The van der Waals surface area contributed by atoms with Crippen molar-refractivity contribution in [3.8, 4) is 22.9 Å². The zero-order valence-corrected chi connectivity index (χ0v) is 26.2. The number of carbonyl (C=O) groups is 2. The zero-order valence-electron chi connectivity index (χ0n) is 26.2. The van der Waals surface area contributed by atoms with Crippen molar-refractivity contribution in [2.45, 2.75) is 71.0 Å². The summed E-state index contributed by atoms with van der Waals surface area (Å²) in [6.45, 7) is 6.83. The van der Waals surface area contributed by atoms with E-state index in [4.69, 9.17) is 9.47 Å². The predicted molar refractivity (Wildman–Crippen MR) is 165 cm³/mol. The minimum atomic E-state index is -0.935. The molecule has 4 rings (SSSR count). The number of hydrogen-bond donors (Lipinski definition) is 1. The SMILES string of the molecule is CCN(CC)CCCN(C(=O)Cn1nnc(-c2ccc(OC)c(OC)c2)n1)[C@@H](C(=O)NC1CCCCC1)c1ccc(F)cc1. The molecule has 0 bridgehead atoms. The Morgan fingerprint density at radius 2 is 1.70 bits per heavy atom. The molecule has 0 radical (unpaired) electrons. The van der Waals surface area contributed by atoms with Gasteiger partial charge in [-0.15, -0.1) is 10.2 Å². The van der Waals surface area contributed by atoms with Crippen molar-refractivity contribution in [1.29, 1.82) is 0 Å². The monoisotopic (exact) mass is 609 g/mol. The second-order valence-corrected chi connectivity index (χ2v) is 11.0. The van der Waals surface area contributed by atoms with Crippen molar-refractivity contribution >= 4 is 11.8 Å². The molecule has 1 atom stereocenters. The minimum absolute atomic E-state index is 0.0489. The van der Waals surface area contributed by atoms with Gasteiger partial charge in [-0.1, -0.05) is 45.2 Å². The van der Waals surface area contributed by atoms with E-state index in [0.717, 1.165) is 51.7 Å². The van der Waals surface area contributed by atoms with Crippen LogP contribution in [0.3, 0.4) is 0 Å². The van der Waals surface area contributed by atoms with E-state index in [1.54, 1.807) is 49.5 Å². The van der Waals surface area contributed by atoms with Gasteiger partial charge in [-0.3, -0.25) is 9.59 Å². The van der Waals surface area contributed by atoms with Crippen LogP contribution >= 0.6 is 0 Å². The summed E-state index contributed by atoms with van der Waals surface area (Å²) in [4.78, 5) is 33.0. The summed E-state index contributed by atoms with van der Waals surface area (Å²) in [5.74, 6) is 0.387. The Hall–Kier alpha value is -4.06. The number of benzene rings is 2. The molecule has 0 aliphatic heterocycles. The van der Waals surface area contributed by atoms with E-state index in [9.17, 15) is 14.0 Å². The lowest BCUT2D eigenvalue weighted by molar-refractivity contribution is -0.142. The number of amides is 2. The Balaban J connectivity index is 1.61. The Kier molecular flexibility index (Phi) is 12.0. The van der Waals surface area contributed by atoms with E-state index < -0.39 is 11.9 Å². The maximum absolute atomic E-state index is 14.0. The Morgan fingerprint density at radius 1 is 1.00 bits per heavy atom. The molecule has 1 fully saturated rings. The van der Waals surface area contributed by atoms with Gasteiger partial charge in [0.2, 0.25) is 17.6 Å². The van der Waals surface area contributed by atoms with Gasteiger partial charge in [-0.05, 0) is 80.0 Å². The summed E-state index contributed by atoms with van der Waals surface area (Å²) in [7, 11) is 3.10. The molecule has 238 valence electrons. The largest absolute Gasteiger partial charge is 0.493 e. The summed E-state index contributed by atoms with van der Waals surface area (Å²) >= 11 is 0. The number of nitrogens with one attached hydrogen (secondary N) is 1. The van der Waals surface area contributed by atoms with E-state index >= 15 is 0 Å². The van der Waals surface area contributed by atoms with Gasteiger partial charge >= 0.3 is 0 Å². The average Bonchev–Trinajstić information content (AvgIpc) is 3.51. The molecule has 1 aromatic heterocycles. The van der Waals surface area contributed by atoms with Crippen LogP contribution in [0.25, 0.3) is 11.4 Å². The van der Waals surface area contributed by atoms with E-state index in [1.165, 1.54) is 16.9 Å². The number of aromatic nitrogens is 4. The number of rotatable bonds is 15. The lowest BCUT2D eigenvalue weighted by Crippen LogP contribution is -2.48. The Morgan fingerprint density at radius 3 is 2.36 bits per heavy atom. The molecule has 0 spiro atoms. The highest BCUT2D eigenvalue weighted by molar-refractivity contribution is 5.89. The topological polar surface area (TPSA) is 115 Å². The van der Waals surface area contributed by atoms with Crippen LogP contribution in [0.2, 0.25) is 0 Å². The number of hydrogen-bond acceptors (Lipinski definition) is 8. The van der Waals surface area contributed by atoms with Crippen LogP contribution in [-0.4, -0.2) is 88.3 Å². The molecule has 11 nitrogen and oxygen atoms in total. The van der Waals surface area contributed by atoms with Gasteiger partial charge in [0.05, 0.1) is 14.2 Å². The third-order valence-corrected chi connectivity index (χ3v) is 8.16. The number of tetrazole rings is 1. The number of carbonyl (C=O) groups excluding carboxylic acids is 2. The van der Waals surface area contributed by atoms with Crippen LogP contribution in [0.15, 0.2) is 42.5 Å². The van der Waals surface area contributed by atoms with Crippen LogP contribution in [0.4, 0.5) is 4.39 Å². The van der Waals surface area contributed by atoms with Crippen molar-refractivity contribution < 1.29 is 23.5 Å². The molecule has 3 aromatic rings. The molecule has 1 aliphatic rings. The molecular weight excluding hydrogens is 565 g/mol. The zero-order chi connectivity index (χ0) is 31.5. The molecule has 1 aliphatic carbocycles. The first-order chi connectivity index (χ1) is 21.4. The van der Waals surface area contributed by atoms with Gasteiger partial charge in [-0.2, -0.15) is 4.80 Å². The van der Waals surface area contributed by atoms with E-state index in [0.29, 0.717) is 41.4 Å². The normalized spacial score (nSPS) is 14.3. The van der Waals surface area contributed by atoms with Gasteiger partial charge in [0.1, 0.15) is 18.4 Å². The Labute approximate surface area is 258 Å². The summed E-state index contributed by atoms with van der Waals surface area (Å²) < 4.78 is 24.6. The molecule has 44 heavy (non-hydrogen) atoms. The molecule has 2 aromatic carbocycles. The van der Waals surface area contributed by atoms with Crippen molar-refractivity contribution in [3.63, 3.8) is 0 Å². The van der Waals surface area contributed by atoms with E-state index in [1.807, 2.05) is 0 Å². The molecule has 1 heterocycles. The fourth-order valence-electron chi connectivity index (χ4n) is 5.66. The summed E-state index contributed by atoms with van der Waals surface area (Å²) in [6, 6.07) is 10.2. The van der Waals surface area contributed by atoms with Gasteiger partial charge in [-0.25, -0.2) is 4.39 Å². The number of halogens is 1. The second-order valence-electron chi connectivity index (χ2n) is 11.0. The second kappa shape index (κ2) is 16.1. The summed E-state index contributed by atoms with van der Waals surface area (Å²) in [5.41, 5.74) is 1.20. The van der Waals surface area contributed by atoms with Crippen LogP contribution in [0.5, 0.6) is 11.5 Å². The molecule has 0 unspecified atom stereocenters. The van der Waals surface area contributed by atoms with E-state index in [2.05, 4.69) is 39.5 Å². The minimum Gasteiger partial charge on any atom is -0.493 e. The van der Waals surface area contributed by atoms with Crippen LogP contribution in [-0.2, 0) is 16.1 Å². The van der Waals surface area contributed by atoms with Gasteiger partial charge in [0.15, 0.2) is 11.5 Å². The number of methoxy groups -OCH3 is 2. The average molecular weight is 610 g/mol. The molecule has 1 N–H and O–H groups in total. The standard InChI is InChI=1S/C32H44FN7O4/c1-5-38(6-2)19-10-20-39(30(23-13-16-25(33)17-14-23)32(42)34-26-11-8-7-9-12-26)29(41)22-40-36-31(35-37-40)24-15-18-27(43-3)28(21-24)44-4/h13-18,21,26,30H,5-12,19-20,22H2,1-4H3,(H,34,42)/t30-/m1/s1. The van der Waals surface area contributed by atoms with Crippen molar-refractivity contribution in [3.05, 3.63) is 53.8 Å². The Bertz CT molecular complexity index is 1360. The number of ether oxygens (including phenoxy) is 2. The first-order valence-electron chi connectivity index (χ1n) is 15.4. The highest BCUT2D eigenvalue weighted by Gasteiger charge is 2.33. The van der Waals surface area contributed by atoms with Gasteiger partial charge in [0.25, 0.3) is 0 Å². The smallest absolute Gasteiger partial charge is 0.247 e. The molecular formula is C32H44FN7O4. The van der Waals surface area contributed by atoms with Crippen LogP contribution in [0.1, 0.15) is 64.0 Å². The lowest BCUT2D eigenvalue weighted by Gasteiger charge is -2.34. The maximum Gasteiger partial charge on any atom is 0.247 e. The molecule has 2 amide bonds. The van der Waals surface area contributed by atoms with Gasteiger partial charge < -0.3 is 24.6 Å². The van der Waals surface area contributed by atoms with Crippen LogP contribution < -0.4 is 14.8 Å². The van der Waals surface area contributed by atoms with Gasteiger partial charge in [0, 0.05) is 18.2 Å².